The predicted molar refractivity (Wildman–Crippen MR) is 78.6 cm³/mol. The van der Waals surface area contributed by atoms with Crippen LogP contribution in [0.3, 0.4) is 0 Å². The molecule has 0 aliphatic rings. The largest absolute Gasteiger partial charge is 0.497 e. The lowest BCUT2D eigenvalue weighted by molar-refractivity contribution is -0.124. The summed E-state index contributed by atoms with van der Waals surface area (Å²) in [6.07, 6.45) is -0.693. The standard InChI is InChI=1S/C15H23NO5/c1-10(8-19-3)16-15(18)9-21-14-7-12(20-4)5-6-13(14)11(2)17/h5-7,10-11,17H,8-9H2,1-4H3,(H,16,18). The number of carbonyl (C=O) groups is 1. The first-order valence-electron chi connectivity index (χ1n) is 6.75. The molecule has 1 rings (SSSR count). The predicted octanol–water partition coefficient (Wildman–Crippen LogP) is 1.28. The van der Waals surface area contributed by atoms with Crippen LogP contribution in [0.25, 0.3) is 0 Å². The zero-order valence-electron chi connectivity index (χ0n) is 12.9. The average molecular weight is 297 g/mol. The Morgan fingerprint density at radius 2 is 2.05 bits per heavy atom. The molecule has 0 heterocycles. The van der Waals surface area contributed by atoms with Gasteiger partial charge in [-0.3, -0.25) is 4.79 Å². The molecule has 0 aliphatic carbocycles. The van der Waals surface area contributed by atoms with Crippen molar-refractivity contribution in [3.63, 3.8) is 0 Å². The number of benzene rings is 1. The molecule has 0 fully saturated rings. The molecule has 0 radical (unpaired) electrons. The maximum Gasteiger partial charge on any atom is 0.258 e. The summed E-state index contributed by atoms with van der Waals surface area (Å²) in [4.78, 5) is 11.8. The first-order chi connectivity index (χ1) is 9.97. The fraction of sp³-hybridized carbons (Fsp3) is 0.533. The minimum Gasteiger partial charge on any atom is -0.497 e. The highest BCUT2D eigenvalue weighted by atomic mass is 16.5. The van der Waals surface area contributed by atoms with Crippen molar-refractivity contribution in [2.45, 2.75) is 26.0 Å². The van der Waals surface area contributed by atoms with Gasteiger partial charge in [0.05, 0.1) is 19.8 Å². The number of aliphatic hydroxyl groups excluding tert-OH is 1. The van der Waals surface area contributed by atoms with Crippen molar-refractivity contribution in [1.29, 1.82) is 0 Å². The number of amides is 1. The molecule has 2 unspecified atom stereocenters. The third-order valence-corrected chi connectivity index (χ3v) is 2.85. The molecule has 0 saturated carbocycles. The summed E-state index contributed by atoms with van der Waals surface area (Å²) in [6.45, 7) is 3.77. The van der Waals surface area contributed by atoms with Gasteiger partial charge in [-0.25, -0.2) is 0 Å². The molecule has 0 bridgehead atoms. The van der Waals surface area contributed by atoms with E-state index in [-0.39, 0.29) is 18.6 Å². The number of methoxy groups -OCH3 is 2. The van der Waals surface area contributed by atoms with Crippen LogP contribution in [0.4, 0.5) is 0 Å². The van der Waals surface area contributed by atoms with E-state index in [4.69, 9.17) is 14.2 Å². The first kappa shape index (κ1) is 17.3. The Hall–Kier alpha value is -1.79. The summed E-state index contributed by atoms with van der Waals surface area (Å²) >= 11 is 0. The lowest BCUT2D eigenvalue weighted by Crippen LogP contribution is -2.38. The normalized spacial score (nSPS) is 13.4. The van der Waals surface area contributed by atoms with E-state index >= 15 is 0 Å². The monoisotopic (exact) mass is 297 g/mol. The van der Waals surface area contributed by atoms with Crippen LogP contribution < -0.4 is 14.8 Å². The number of hydrogen-bond acceptors (Lipinski definition) is 5. The fourth-order valence-corrected chi connectivity index (χ4v) is 1.86. The molecule has 1 aromatic carbocycles. The van der Waals surface area contributed by atoms with E-state index in [0.717, 1.165) is 0 Å². The summed E-state index contributed by atoms with van der Waals surface area (Å²) in [6, 6.07) is 5.00. The molecule has 0 spiro atoms. The van der Waals surface area contributed by atoms with E-state index < -0.39 is 6.10 Å². The van der Waals surface area contributed by atoms with Crippen LogP contribution in [0.15, 0.2) is 18.2 Å². The second-order valence-corrected chi connectivity index (χ2v) is 4.79. The van der Waals surface area contributed by atoms with Crippen LogP contribution in [-0.2, 0) is 9.53 Å². The first-order valence-corrected chi connectivity index (χ1v) is 6.75. The second-order valence-electron chi connectivity index (χ2n) is 4.79. The zero-order valence-corrected chi connectivity index (χ0v) is 12.9. The Kier molecular flexibility index (Phi) is 6.98. The van der Waals surface area contributed by atoms with E-state index in [1.807, 2.05) is 6.92 Å². The molecule has 1 amide bonds. The van der Waals surface area contributed by atoms with E-state index in [1.165, 1.54) is 0 Å². The van der Waals surface area contributed by atoms with Gasteiger partial charge in [0.15, 0.2) is 6.61 Å². The van der Waals surface area contributed by atoms with Crippen molar-refractivity contribution in [2.24, 2.45) is 0 Å². The smallest absolute Gasteiger partial charge is 0.258 e. The third-order valence-electron chi connectivity index (χ3n) is 2.85. The van der Waals surface area contributed by atoms with Crippen LogP contribution in [0, 0.1) is 0 Å². The van der Waals surface area contributed by atoms with Crippen molar-refractivity contribution in [3.8, 4) is 11.5 Å². The van der Waals surface area contributed by atoms with Gasteiger partial charge in [-0.15, -0.1) is 0 Å². The van der Waals surface area contributed by atoms with E-state index in [0.29, 0.717) is 23.7 Å². The SMILES string of the molecule is COCC(C)NC(=O)COc1cc(OC)ccc1C(C)O. The Labute approximate surface area is 125 Å². The molecule has 1 aromatic rings. The maximum atomic E-state index is 11.8. The van der Waals surface area contributed by atoms with Crippen LogP contribution in [0.2, 0.25) is 0 Å². The van der Waals surface area contributed by atoms with Crippen molar-refractivity contribution >= 4 is 5.91 Å². The minimum atomic E-state index is -0.693. The Bertz CT molecular complexity index is 461. The maximum absolute atomic E-state index is 11.8. The van der Waals surface area contributed by atoms with Gasteiger partial charge in [-0.2, -0.15) is 0 Å². The molecule has 118 valence electrons. The minimum absolute atomic E-state index is 0.0901. The van der Waals surface area contributed by atoms with Crippen molar-refractivity contribution in [2.75, 3.05) is 27.4 Å². The van der Waals surface area contributed by atoms with Gasteiger partial charge in [0.2, 0.25) is 0 Å². The van der Waals surface area contributed by atoms with Gasteiger partial charge in [-0.05, 0) is 26.0 Å². The number of aliphatic hydroxyl groups is 1. The van der Waals surface area contributed by atoms with Gasteiger partial charge in [-0.1, -0.05) is 0 Å². The quantitative estimate of drug-likeness (QED) is 0.756. The lowest BCUT2D eigenvalue weighted by Gasteiger charge is -2.16. The van der Waals surface area contributed by atoms with Crippen molar-refractivity contribution in [1.82, 2.24) is 5.32 Å². The Morgan fingerprint density at radius 1 is 1.33 bits per heavy atom. The van der Waals surface area contributed by atoms with Gasteiger partial charge in [0.1, 0.15) is 11.5 Å². The molecular weight excluding hydrogens is 274 g/mol. The average Bonchev–Trinajstić information content (AvgIpc) is 2.44. The van der Waals surface area contributed by atoms with Gasteiger partial charge in [0.25, 0.3) is 5.91 Å². The van der Waals surface area contributed by atoms with Gasteiger partial charge >= 0.3 is 0 Å². The highest BCUT2D eigenvalue weighted by molar-refractivity contribution is 5.77. The molecule has 6 nitrogen and oxygen atoms in total. The number of ether oxygens (including phenoxy) is 3. The molecule has 0 saturated heterocycles. The second kappa shape index (κ2) is 8.49. The van der Waals surface area contributed by atoms with E-state index in [2.05, 4.69) is 5.32 Å². The fourth-order valence-electron chi connectivity index (χ4n) is 1.86. The number of rotatable bonds is 8. The van der Waals surface area contributed by atoms with Gasteiger partial charge < -0.3 is 24.6 Å². The van der Waals surface area contributed by atoms with Crippen molar-refractivity contribution < 1.29 is 24.1 Å². The summed E-state index contributed by atoms with van der Waals surface area (Å²) in [5.41, 5.74) is 0.605. The summed E-state index contributed by atoms with van der Waals surface area (Å²) in [7, 11) is 3.12. The summed E-state index contributed by atoms with van der Waals surface area (Å²) in [5.74, 6) is 0.778. The Morgan fingerprint density at radius 3 is 2.62 bits per heavy atom. The zero-order chi connectivity index (χ0) is 15.8. The topological polar surface area (TPSA) is 77.0 Å². The molecule has 0 aliphatic heterocycles. The molecule has 21 heavy (non-hydrogen) atoms. The lowest BCUT2D eigenvalue weighted by atomic mass is 10.1. The van der Waals surface area contributed by atoms with E-state index in [9.17, 15) is 9.90 Å². The number of nitrogens with one attached hydrogen (secondary N) is 1. The molecule has 2 N–H and O–H groups in total. The Balaban J connectivity index is 2.67. The van der Waals surface area contributed by atoms with Gasteiger partial charge in [0, 0.05) is 24.8 Å². The molecular formula is C15H23NO5. The van der Waals surface area contributed by atoms with Crippen LogP contribution >= 0.6 is 0 Å². The molecule has 2 atom stereocenters. The highest BCUT2D eigenvalue weighted by Gasteiger charge is 2.13. The summed E-state index contributed by atoms with van der Waals surface area (Å²) in [5, 5.41) is 12.5. The van der Waals surface area contributed by atoms with Crippen LogP contribution in [-0.4, -0.2) is 44.5 Å². The number of carbonyl (C=O) groups excluding carboxylic acids is 1. The third kappa shape index (κ3) is 5.61. The molecule has 6 heteroatoms. The van der Waals surface area contributed by atoms with E-state index in [1.54, 1.807) is 39.3 Å². The van der Waals surface area contributed by atoms with Crippen molar-refractivity contribution in [3.05, 3.63) is 23.8 Å². The number of hydrogen-bond donors (Lipinski definition) is 2. The molecule has 0 aromatic heterocycles. The van der Waals surface area contributed by atoms with Crippen LogP contribution in [0.1, 0.15) is 25.5 Å². The van der Waals surface area contributed by atoms with Crippen LogP contribution in [0.5, 0.6) is 11.5 Å². The highest BCUT2D eigenvalue weighted by Crippen LogP contribution is 2.29. The summed E-state index contributed by atoms with van der Waals surface area (Å²) < 4.78 is 15.5.